The number of nitrogens with zero attached hydrogens (tertiary/aromatic N) is 1. The second kappa shape index (κ2) is 14.5. The van der Waals surface area contributed by atoms with Gasteiger partial charge in [-0.15, -0.1) is 0 Å². The van der Waals surface area contributed by atoms with Gasteiger partial charge < -0.3 is 11.1 Å². The van der Waals surface area contributed by atoms with Crippen LogP contribution in [0.4, 0.5) is 5.69 Å². The lowest BCUT2D eigenvalue weighted by Crippen LogP contribution is -2.31. The summed E-state index contributed by atoms with van der Waals surface area (Å²) in [6.07, 6.45) is 20.7. The monoisotopic (exact) mass is 707 g/mol. The quantitative estimate of drug-likeness (QED) is 0.167. The molecule has 3 aliphatic carbocycles. The van der Waals surface area contributed by atoms with Gasteiger partial charge >= 0.3 is 0 Å². The molecule has 2 bridgehead atoms. The molecule has 0 radical (unpaired) electrons. The van der Waals surface area contributed by atoms with Crippen LogP contribution in [-0.2, 0) is 5.41 Å². The number of nitrogen functional groups attached to an aromatic ring is 1. The van der Waals surface area contributed by atoms with E-state index >= 15 is 0 Å². The zero-order valence-corrected chi connectivity index (χ0v) is 30.6. The van der Waals surface area contributed by atoms with E-state index in [9.17, 15) is 0 Å². The number of anilines is 1. The number of hydrogen-bond acceptors (Lipinski definition) is 3. The largest absolute Gasteiger partial charge is 0.399 e. The van der Waals surface area contributed by atoms with E-state index in [0.717, 1.165) is 40.2 Å². The molecule has 2 aliphatic heterocycles. The van der Waals surface area contributed by atoms with Crippen molar-refractivity contribution >= 4 is 33.8 Å². The Hall–Kier alpha value is -6.97. The first-order valence-electron chi connectivity index (χ1n) is 18.9. The molecule has 2 heterocycles. The Kier molecular flexibility index (Phi) is 8.89. The van der Waals surface area contributed by atoms with Crippen LogP contribution in [0.2, 0.25) is 0 Å². The molecule has 6 aromatic carbocycles. The summed E-state index contributed by atoms with van der Waals surface area (Å²) in [4.78, 5) is 5.21. The van der Waals surface area contributed by atoms with E-state index in [1.807, 2.05) is 36.5 Å². The van der Waals surface area contributed by atoms with Crippen molar-refractivity contribution in [2.45, 2.75) is 11.8 Å². The molecule has 3 heteroatoms. The number of allylic oxidation sites excluding steroid dienone is 9. The maximum atomic E-state index is 5.36. The van der Waals surface area contributed by atoms with Crippen molar-refractivity contribution in [3.05, 3.63) is 246 Å². The molecule has 2 unspecified atom stereocenters. The van der Waals surface area contributed by atoms with Gasteiger partial charge in [0.15, 0.2) is 0 Å². The van der Waals surface area contributed by atoms with Crippen LogP contribution >= 0.6 is 0 Å². The fraction of sp³-hybridized carbons (Fsp3) is 0.0577. The van der Waals surface area contributed by atoms with Crippen LogP contribution in [-0.4, -0.2) is 5.71 Å². The van der Waals surface area contributed by atoms with Crippen molar-refractivity contribution in [2.75, 3.05) is 5.73 Å². The summed E-state index contributed by atoms with van der Waals surface area (Å²) in [5.41, 5.74) is 19.5. The van der Waals surface area contributed by atoms with Crippen LogP contribution in [0.25, 0.3) is 33.5 Å². The summed E-state index contributed by atoms with van der Waals surface area (Å²) in [5, 5.41) is 6.08. The number of rotatable bonds is 1. The van der Waals surface area contributed by atoms with Crippen molar-refractivity contribution in [1.29, 1.82) is 0 Å². The summed E-state index contributed by atoms with van der Waals surface area (Å²) >= 11 is 0. The highest BCUT2D eigenvalue weighted by Crippen LogP contribution is 2.59. The van der Waals surface area contributed by atoms with Gasteiger partial charge in [0.05, 0.1) is 11.1 Å². The van der Waals surface area contributed by atoms with Crippen LogP contribution in [0, 0.1) is 5.92 Å². The number of benzene rings is 6. The Bertz CT molecular complexity index is 2670. The summed E-state index contributed by atoms with van der Waals surface area (Å²) < 4.78 is 0. The molecule has 55 heavy (non-hydrogen) atoms. The standard InChI is InChI=1S/C46H34N2.C6H7N/c1-31-19-20-32-11-5-7-15-37(32)44-38-16-8-6-12-33(38)23-26-43(44)46(31)41-18-10-9-17-39(41)40-27-29-48-45(34-13-3-2-4-14-34)35-21-24-36(25-22-35)47-30-28-42(40)46;7-6-4-2-1-3-5-6/h2-21,23-30,35,47H,1,22H2;1-5H,7H2/b20-19-,29-27-,30-28+,48-45?;. The van der Waals surface area contributed by atoms with Crippen LogP contribution in [0.5, 0.6) is 0 Å². The number of aliphatic imine (C=N–C) groups is 1. The van der Waals surface area contributed by atoms with E-state index in [2.05, 4.69) is 169 Å². The van der Waals surface area contributed by atoms with Crippen LogP contribution in [0.1, 0.15) is 34.2 Å². The number of para-hydroxylation sites is 1. The summed E-state index contributed by atoms with van der Waals surface area (Å²) in [6, 6.07) is 51.0. The van der Waals surface area contributed by atoms with Gasteiger partial charge in [0, 0.05) is 29.7 Å². The molecule has 3 nitrogen and oxygen atoms in total. The zero-order chi connectivity index (χ0) is 37.2. The fourth-order valence-corrected chi connectivity index (χ4v) is 8.59. The Balaban J connectivity index is 0.000000513. The minimum absolute atomic E-state index is 0.193. The van der Waals surface area contributed by atoms with Gasteiger partial charge in [0.1, 0.15) is 0 Å². The minimum atomic E-state index is -0.646. The van der Waals surface area contributed by atoms with Gasteiger partial charge in [-0.1, -0.05) is 164 Å². The van der Waals surface area contributed by atoms with Crippen molar-refractivity contribution in [3.63, 3.8) is 0 Å². The Morgan fingerprint density at radius 2 is 1.38 bits per heavy atom. The molecule has 1 spiro atoms. The third-order valence-corrected chi connectivity index (χ3v) is 11.1. The highest BCUT2D eigenvalue weighted by Gasteiger charge is 2.48. The maximum Gasteiger partial charge on any atom is 0.0714 e. The number of nitrogens with one attached hydrogen (secondary N) is 1. The van der Waals surface area contributed by atoms with Gasteiger partial charge in [-0.2, -0.15) is 0 Å². The average Bonchev–Trinajstić information content (AvgIpc) is 3.52. The highest BCUT2D eigenvalue weighted by atomic mass is 14.8. The lowest BCUT2D eigenvalue weighted by Gasteiger charge is -2.38. The van der Waals surface area contributed by atoms with Crippen molar-refractivity contribution in [1.82, 2.24) is 5.32 Å². The molecular weight excluding hydrogens is 667 g/mol. The Morgan fingerprint density at radius 3 is 2.16 bits per heavy atom. The first-order chi connectivity index (χ1) is 27.1. The fourth-order valence-electron chi connectivity index (χ4n) is 8.59. The Labute approximate surface area is 323 Å². The highest BCUT2D eigenvalue weighted by molar-refractivity contribution is 6.05. The van der Waals surface area contributed by atoms with E-state index in [4.69, 9.17) is 17.3 Å². The van der Waals surface area contributed by atoms with Crippen molar-refractivity contribution < 1.29 is 0 Å². The predicted molar refractivity (Wildman–Crippen MR) is 232 cm³/mol. The second-order valence-corrected chi connectivity index (χ2v) is 14.2. The van der Waals surface area contributed by atoms with Gasteiger partial charge in [-0.3, -0.25) is 4.99 Å². The molecule has 0 saturated carbocycles. The van der Waals surface area contributed by atoms with E-state index in [1.54, 1.807) is 0 Å². The van der Waals surface area contributed by atoms with Crippen LogP contribution in [0.3, 0.4) is 0 Å². The Morgan fingerprint density at radius 1 is 0.655 bits per heavy atom. The number of nitrogens with two attached hydrogens (primary N) is 1. The summed E-state index contributed by atoms with van der Waals surface area (Å²) in [6.45, 7) is 4.88. The molecule has 0 fully saturated rings. The molecular formula is C52H41N3. The molecule has 6 aromatic rings. The van der Waals surface area contributed by atoms with Gasteiger partial charge in [-0.05, 0) is 103 Å². The molecule has 3 N–H and O–H groups in total. The van der Waals surface area contributed by atoms with Crippen molar-refractivity contribution in [3.8, 4) is 11.1 Å². The molecule has 0 saturated heterocycles. The van der Waals surface area contributed by atoms with Gasteiger partial charge in [0.25, 0.3) is 0 Å². The third-order valence-electron chi connectivity index (χ3n) is 11.1. The number of fused-ring (bicyclic) bond motifs is 11. The second-order valence-electron chi connectivity index (χ2n) is 14.2. The van der Waals surface area contributed by atoms with Crippen molar-refractivity contribution in [2.24, 2.45) is 10.9 Å². The third kappa shape index (κ3) is 6.00. The number of hydrogen-bond donors (Lipinski definition) is 2. The lowest BCUT2D eigenvalue weighted by atomic mass is 9.63. The maximum absolute atomic E-state index is 5.36. The molecule has 0 amide bonds. The lowest BCUT2D eigenvalue weighted by molar-refractivity contribution is 0.765. The van der Waals surface area contributed by atoms with Crippen LogP contribution in [0.15, 0.2) is 223 Å². The molecule has 5 aliphatic rings. The normalized spacial score (nSPS) is 20.9. The zero-order valence-electron chi connectivity index (χ0n) is 30.6. The van der Waals surface area contributed by atoms with E-state index in [1.165, 1.54) is 49.7 Å². The van der Waals surface area contributed by atoms with E-state index < -0.39 is 5.41 Å². The summed E-state index contributed by atoms with van der Waals surface area (Å²) in [5.74, 6) is 0.193. The minimum Gasteiger partial charge on any atom is -0.399 e. The average molecular weight is 708 g/mol. The van der Waals surface area contributed by atoms with Crippen LogP contribution < -0.4 is 11.1 Å². The predicted octanol–water partition coefficient (Wildman–Crippen LogP) is 12.0. The first kappa shape index (κ1) is 33.8. The first-order valence-corrected chi connectivity index (χ1v) is 18.9. The van der Waals surface area contributed by atoms with E-state index in [-0.39, 0.29) is 5.92 Å². The molecule has 2 atom stereocenters. The van der Waals surface area contributed by atoms with Gasteiger partial charge in [0.2, 0.25) is 0 Å². The molecule has 264 valence electrons. The topological polar surface area (TPSA) is 50.4 Å². The van der Waals surface area contributed by atoms with Gasteiger partial charge in [-0.25, -0.2) is 0 Å². The SMILES string of the molecule is C=C1/C=C\c2ccccc2-c2c(ccc3ccccc23)C12C1=C(\C=C/N=C(c3ccccc3)C3C=CC(=CC3)N\C=C\1)c1ccccc12.Nc1ccccc1. The molecule has 0 aromatic heterocycles. The smallest absolute Gasteiger partial charge is 0.0714 e. The summed E-state index contributed by atoms with van der Waals surface area (Å²) in [7, 11) is 0. The molecule has 11 rings (SSSR count). The van der Waals surface area contributed by atoms with E-state index in [0.29, 0.717) is 0 Å².